The number of hydrogen-bond donors (Lipinski definition) is 2. The van der Waals surface area contributed by atoms with Crippen molar-refractivity contribution in [3.63, 3.8) is 0 Å². The average Bonchev–Trinajstić information content (AvgIpc) is 3.60. The van der Waals surface area contributed by atoms with Crippen molar-refractivity contribution < 1.29 is 13.9 Å². The number of aromatic nitrogens is 6. The highest BCUT2D eigenvalue weighted by molar-refractivity contribution is 6.00. The van der Waals surface area contributed by atoms with Crippen LogP contribution in [0.5, 0.6) is 11.5 Å². The normalized spacial score (nSPS) is 11.7. The topological polar surface area (TPSA) is 108 Å². The van der Waals surface area contributed by atoms with Crippen LogP contribution in [0.1, 0.15) is 0 Å². The first-order chi connectivity index (χ1) is 20.8. The molecule has 1 aromatic carbocycles. The van der Waals surface area contributed by atoms with Crippen molar-refractivity contribution >= 4 is 21.9 Å². The van der Waals surface area contributed by atoms with Gasteiger partial charge < -0.3 is 24.3 Å². The number of aromatic amines is 2. The van der Waals surface area contributed by atoms with Gasteiger partial charge in [0.25, 0.3) is 0 Å². The van der Waals surface area contributed by atoms with Crippen LogP contribution in [0.4, 0.5) is 4.39 Å². The minimum atomic E-state index is -0.363. The second-order valence-electron chi connectivity index (χ2n) is 10.9. The largest absolute Gasteiger partial charge is 0.492 e. The van der Waals surface area contributed by atoms with Gasteiger partial charge in [0.15, 0.2) is 0 Å². The molecule has 0 aliphatic heterocycles. The number of hydrogen-bond acceptors (Lipinski definition) is 8. The molecule has 10 nitrogen and oxygen atoms in total. The molecule has 2 N–H and O–H groups in total. The fraction of sp³-hybridized carbons (Fsp3) is 0.250. The Labute approximate surface area is 248 Å². The number of nitrogens with one attached hydrogen (secondary N) is 2. The van der Waals surface area contributed by atoms with Gasteiger partial charge in [-0.25, -0.2) is 9.37 Å². The first-order valence-electron chi connectivity index (χ1n) is 14.0. The molecule has 0 bridgehead atoms. The molecule has 0 saturated carbocycles. The Morgan fingerprint density at radius 1 is 0.791 bits per heavy atom. The Morgan fingerprint density at radius 3 is 2.35 bits per heavy atom. The molecule has 0 amide bonds. The van der Waals surface area contributed by atoms with E-state index in [0.29, 0.717) is 35.9 Å². The first kappa shape index (κ1) is 28.3. The quantitative estimate of drug-likeness (QED) is 0.214. The smallest absolute Gasteiger partial charge is 0.138 e. The molecule has 0 unspecified atom stereocenters. The molecular weight excluding hydrogens is 547 g/mol. The molecule has 0 spiro atoms. The minimum Gasteiger partial charge on any atom is -0.492 e. The fourth-order valence-electron chi connectivity index (χ4n) is 4.82. The van der Waals surface area contributed by atoms with Gasteiger partial charge in [-0.3, -0.25) is 15.1 Å². The highest BCUT2D eigenvalue weighted by Gasteiger charge is 2.16. The minimum absolute atomic E-state index is 0.363. The van der Waals surface area contributed by atoms with Crippen molar-refractivity contribution in [2.45, 2.75) is 0 Å². The number of halogens is 1. The number of H-pyrrole nitrogens is 2. The number of ether oxygens (including phenoxy) is 2. The Kier molecular flexibility index (Phi) is 7.99. The van der Waals surface area contributed by atoms with Gasteiger partial charge in [0, 0.05) is 47.9 Å². The standard InChI is InChI=1S/C32H33FN8O2/c1-40(2)7-9-42-23-12-20(11-22(33)14-23)25-5-6-35-32-26(25)15-29(37-32)31-27-16-28(36-19-30(27)38-39-31)21-13-24(18-34-17-21)43-10-8-41(3)4/h5-6,11-19H,7-10H2,1-4H3,(H,35,37)(H,38,39). The van der Waals surface area contributed by atoms with E-state index in [0.717, 1.165) is 57.6 Å². The third-order valence-corrected chi connectivity index (χ3v) is 7.04. The van der Waals surface area contributed by atoms with E-state index in [1.165, 1.54) is 12.1 Å². The maximum Gasteiger partial charge on any atom is 0.138 e. The van der Waals surface area contributed by atoms with Crippen molar-refractivity contribution in [3.8, 4) is 45.3 Å². The molecule has 6 rings (SSSR count). The van der Waals surface area contributed by atoms with Crippen LogP contribution in [0.25, 0.3) is 55.7 Å². The highest BCUT2D eigenvalue weighted by Crippen LogP contribution is 2.35. The number of pyridine rings is 3. The lowest BCUT2D eigenvalue weighted by Gasteiger charge is -2.12. The summed E-state index contributed by atoms with van der Waals surface area (Å²) in [5.41, 5.74) is 6.09. The lowest BCUT2D eigenvalue weighted by molar-refractivity contribution is 0.260. The van der Waals surface area contributed by atoms with Crippen molar-refractivity contribution in [1.29, 1.82) is 0 Å². The van der Waals surface area contributed by atoms with E-state index in [4.69, 9.17) is 9.47 Å². The molecule has 0 fully saturated rings. The van der Waals surface area contributed by atoms with Gasteiger partial charge in [0.1, 0.15) is 41.9 Å². The number of rotatable bonds is 11. The Bertz CT molecular complexity index is 1880. The van der Waals surface area contributed by atoms with Gasteiger partial charge in [-0.05, 0) is 75.7 Å². The average molecular weight is 581 g/mol. The van der Waals surface area contributed by atoms with Crippen molar-refractivity contribution in [1.82, 2.24) is 39.9 Å². The van der Waals surface area contributed by atoms with Crippen molar-refractivity contribution in [2.75, 3.05) is 54.5 Å². The molecular formula is C32H33FN8O2. The van der Waals surface area contributed by atoms with Gasteiger partial charge >= 0.3 is 0 Å². The maximum atomic E-state index is 14.6. The van der Waals surface area contributed by atoms with E-state index in [2.05, 4.69) is 35.0 Å². The first-order valence-corrected chi connectivity index (χ1v) is 14.0. The van der Waals surface area contributed by atoms with Crippen LogP contribution < -0.4 is 9.47 Å². The predicted molar refractivity (Wildman–Crippen MR) is 166 cm³/mol. The summed E-state index contributed by atoms with van der Waals surface area (Å²) >= 11 is 0. The van der Waals surface area contributed by atoms with E-state index >= 15 is 0 Å². The van der Waals surface area contributed by atoms with E-state index in [-0.39, 0.29) is 5.82 Å². The van der Waals surface area contributed by atoms with E-state index in [1.54, 1.807) is 24.8 Å². The molecule has 0 atom stereocenters. The molecule has 43 heavy (non-hydrogen) atoms. The summed E-state index contributed by atoms with van der Waals surface area (Å²) in [6.07, 6.45) is 6.94. The Morgan fingerprint density at radius 2 is 1.56 bits per heavy atom. The second-order valence-corrected chi connectivity index (χ2v) is 10.9. The molecule has 220 valence electrons. The van der Waals surface area contributed by atoms with Gasteiger partial charge in [-0.2, -0.15) is 5.10 Å². The summed E-state index contributed by atoms with van der Waals surface area (Å²) in [6.45, 7) is 2.56. The summed E-state index contributed by atoms with van der Waals surface area (Å²) < 4.78 is 26.4. The van der Waals surface area contributed by atoms with Gasteiger partial charge in [-0.1, -0.05) is 0 Å². The lowest BCUT2D eigenvalue weighted by Crippen LogP contribution is -2.19. The van der Waals surface area contributed by atoms with E-state index < -0.39 is 0 Å². The Balaban J connectivity index is 1.33. The zero-order chi connectivity index (χ0) is 29.9. The fourth-order valence-corrected chi connectivity index (χ4v) is 4.82. The number of likely N-dealkylation sites (N-methyl/N-ethyl adjacent to an activating group) is 2. The Hall–Kier alpha value is -4.87. The molecule has 6 aromatic rings. The number of nitrogens with zero attached hydrogens (tertiary/aromatic N) is 6. The second kappa shape index (κ2) is 12.2. The van der Waals surface area contributed by atoms with Crippen LogP contribution in [-0.4, -0.2) is 94.4 Å². The summed E-state index contributed by atoms with van der Waals surface area (Å²) in [5.74, 6) is 0.808. The lowest BCUT2D eigenvalue weighted by atomic mass is 10.0. The van der Waals surface area contributed by atoms with E-state index in [1.807, 2.05) is 63.4 Å². The van der Waals surface area contributed by atoms with Crippen molar-refractivity contribution in [2.24, 2.45) is 0 Å². The molecule has 5 heterocycles. The van der Waals surface area contributed by atoms with Gasteiger partial charge in [0.05, 0.1) is 29.3 Å². The van der Waals surface area contributed by atoms with Gasteiger partial charge in [0.2, 0.25) is 0 Å². The zero-order valence-electron chi connectivity index (χ0n) is 24.6. The number of benzene rings is 1. The monoisotopic (exact) mass is 580 g/mol. The third kappa shape index (κ3) is 6.32. The number of fused-ring (bicyclic) bond motifs is 2. The van der Waals surface area contributed by atoms with Crippen LogP contribution in [0.2, 0.25) is 0 Å². The van der Waals surface area contributed by atoms with Crippen LogP contribution in [-0.2, 0) is 0 Å². The van der Waals surface area contributed by atoms with Crippen molar-refractivity contribution in [3.05, 3.63) is 73.1 Å². The SMILES string of the molecule is CN(C)CCOc1cncc(-c2cc3c(-c4cc5c(-c6cc(F)cc(OCCN(C)C)c6)ccnc5[nH]4)n[nH]c3cn2)c1. The molecule has 5 aromatic heterocycles. The molecule has 11 heteroatoms. The summed E-state index contributed by atoms with van der Waals surface area (Å²) in [7, 11) is 7.94. The maximum absolute atomic E-state index is 14.6. The molecule has 0 saturated heterocycles. The van der Waals surface area contributed by atoms with Crippen LogP contribution in [0, 0.1) is 5.82 Å². The molecule has 0 radical (unpaired) electrons. The van der Waals surface area contributed by atoms with Crippen LogP contribution >= 0.6 is 0 Å². The molecule has 0 aliphatic carbocycles. The van der Waals surface area contributed by atoms with Gasteiger partial charge in [-0.15, -0.1) is 0 Å². The summed E-state index contributed by atoms with van der Waals surface area (Å²) in [6, 6.07) is 12.6. The summed E-state index contributed by atoms with van der Waals surface area (Å²) in [4.78, 5) is 21.0. The van der Waals surface area contributed by atoms with E-state index in [9.17, 15) is 4.39 Å². The zero-order valence-corrected chi connectivity index (χ0v) is 24.6. The van der Waals surface area contributed by atoms with Crippen LogP contribution in [0.3, 0.4) is 0 Å². The molecule has 0 aliphatic rings. The van der Waals surface area contributed by atoms with Crippen LogP contribution in [0.15, 0.2) is 67.3 Å². The summed E-state index contributed by atoms with van der Waals surface area (Å²) in [5, 5.41) is 9.41. The third-order valence-electron chi connectivity index (χ3n) is 7.04. The highest BCUT2D eigenvalue weighted by atomic mass is 19.1. The predicted octanol–water partition coefficient (Wildman–Crippen LogP) is 5.25.